The minimum atomic E-state index is -0.646. The number of hydrogen-bond donors (Lipinski definition) is 2. The number of fused-ring (bicyclic) bond motifs is 1. The molecule has 0 fully saturated rings. The van der Waals surface area contributed by atoms with Gasteiger partial charge in [0.05, 0.1) is 7.11 Å². The zero-order valence-corrected chi connectivity index (χ0v) is 18.6. The summed E-state index contributed by atoms with van der Waals surface area (Å²) >= 11 is 0. The summed E-state index contributed by atoms with van der Waals surface area (Å²) in [5.41, 5.74) is 10.8. The molecule has 31 heavy (non-hydrogen) atoms. The van der Waals surface area contributed by atoms with Crippen LogP contribution in [0.4, 0.5) is 0 Å². The van der Waals surface area contributed by atoms with Gasteiger partial charge < -0.3 is 20.3 Å². The molecule has 0 bridgehead atoms. The van der Waals surface area contributed by atoms with Gasteiger partial charge in [-0.15, -0.1) is 12.4 Å². The van der Waals surface area contributed by atoms with E-state index in [0.717, 1.165) is 24.3 Å². The van der Waals surface area contributed by atoms with E-state index in [0.29, 0.717) is 5.92 Å². The van der Waals surface area contributed by atoms with E-state index in [-0.39, 0.29) is 31.5 Å². The summed E-state index contributed by atoms with van der Waals surface area (Å²) in [5, 5.41) is 9.63. The molecule has 0 aromatic heterocycles. The fourth-order valence-corrected chi connectivity index (χ4v) is 4.43. The molecule has 0 saturated heterocycles. The maximum atomic E-state index is 9.63. The topological polar surface area (TPSA) is 64.7 Å². The molecule has 0 saturated carbocycles. The third-order valence-corrected chi connectivity index (χ3v) is 5.99. The maximum absolute atomic E-state index is 9.63. The highest BCUT2D eigenvalue weighted by molar-refractivity contribution is 5.85. The molecule has 0 heterocycles. The van der Waals surface area contributed by atoms with Gasteiger partial charge in [0, 0.05) is 12.5 Å². The number of aliphatic hydroxyl groups excluding tert-OH is 1. The molecule has 164 valence electrons. The number of aliphatic hydroxyl groups is 1. The SMILES string of the molecule is COc1ccc2c(c1)CC[C@@H](c1ccccc1)[C@H]2c1ccc(OCC(O)CN)cc1.Cl. The quantitative estimate of drug-likeness (QED) is 0.561. The molecule has 3 aromatic rings. The van der Waals surface area contributed by atoms with Crippen LogP contribution in [0.1, 0.15) is 40.5 Å². The van der Waals surface area contributed by atoms with Gasteiger partial charge in [-0.25, -0.2) is 0 Å². The number of methoxy groups -OCH3 is 1. The van der Waals surface area contributed by atoms with Crippen molar-refractivity contribution in [1.29, 1.82) is 0 Å². The van der Waals surface area contributed by atoms with Crippen LogP contribution in [0.15, 0.2) is 72.8 Å². The summed E-state index contributed by atoms with van der Waals surface area (Å²) in [6.07, 6.45) is 1.49. The van der Waals surface area contributed by atoms with Crippen LogP contribution in [0.5, 0.6) is 11.5 Å². The van der Waals surface area contributed by atoms with Crippen molar-refractivity contribution in [2.45, 2.75) is 30.8 Å². The highest BCUT2D eigenvalue weighted by atomic mass is 35.5. The van der Waals surface area contributed by atoms with Gasteiger partial charge in [0.1, 0.15) is 24.2 Å². The minimum absolute atomic E-state index is 0. The predicted octanol–water partition coefficient (Wildman–Crippen LogP) is 4.68. The third-order valence-electron chi connectivity index (χ3n) is 5.99. The summed E-state index contributed by atoms with van der Waals surface area (Å²) < 4.78 is 11.1. The van der Waals surface area contributed by atoms with Crippen LogP contribution in [0.25, 0.3) is 0 Å². The van der Waals surface area contributed by atoms with E-state index in [9.17, 15) is 5.11 Å². The molecule has 0 radical (unpaired) electrons. The Balaban J connectivity index is 0.00000272. The second-order valence-electron chi connectivity index (χ2n) is 7.87. The first kappa shape index (κ1) is 23.1. The minimum Gasteiger partial charge on any atom is -0.497 e. The number of aryl methyl sites for hydroxylation is 1. The number of nitrogens with two attached hydrogens (primary N) is 1. The van der Waals surface area contributed by atoms with Crippen molar-refractivity contribution in [2.24, 2.45) is 5.73 Å². The average molecular weight is 440 g/mol. The Labute approximate surface area is 190 Å². The summed E-state index contributed by atoms with van der Waals surface area (Å²) in [6.45, 7) is 0.397. The van der Waals surface area contributed by atoms with Crippen LogP contribution in [0.3, 0.4) is 0 Å². The molecule has 3 atom stereocenters. The van der Waals surface area contributed by atoms with E-state index >= 15 is 0 Å². The predicted molar refractivity (Wildman–Crippen MR) is 127 cm³/mol. The van der Waals surface area contributed by atoms with Crippen LogP contribution in [0.2, 0.25) is 0 Å². The van der Waals surface area contributed by atoms with E-state index < -0.39 is 6.10 Å². The second-order valence-corrected chi connectivity index (χ2v) is 7.87. The highest BCUT2D eigenvalue weighted by Gasteiger charge is 2.32. The summed E-state index contributed by atoms with van der Waals surface area (Å²) in [4.78, 5) is 0. The molecular formula is C26H30ClNO3. The second kappa shape index (κ2) is 10.7. The van der Waals surface area contributed by atoms with Gasteiger partial charge in [-0.3, -0.25) is 0 Å². The third kappa shape index (κ3) is 5.21. The molecule has 4 rings (SSSR count). The molecular weight excluding hydrogens is 410 g/mol. The van der Waals surface area contributed by atoms with Crippen molar-refractivity contribution in [3.8, 4) is 11.5 Å². The largest absolute Gasteiger partial charge is 0.497 e. The Morgan fingerprint density at radius 1 is 0.968 bits per heavy atom. The molecule has 1 aliphatic rings. The highest BCUT2D eigenvalue weighted by Crippen LogP contribution is 2.47. The lowest BCUT2D eigenvalue weighted by Gasteiger charge is -2.35. The van der Waals surface area contributed by atoms with Gasteiger partial charge in [0.2, 0.25) is 0 Å². The van der Waals surface area contributed by atoms with Crippen molar-refractivity contribution in [1.82, 2.24) is 0 Å². The van der Waals surface area contributed by atoms with Gasteiger partial charge in [-0.05, 0) is 65.3 Å². The standard InChI is InChI=1S/C26H29NO3.ClH/c1-29-23-12-14-25-20(15-23)9-13-24(18-5-3-2-4-6-18)26(25)19-7-10-22(11-8-19)30-17-21(28)16-27;/h2-8,10-12,14-15,21,24,26,28H,9,13,16-17,27H2,1H3;1H/t21?,24-,26+;/m0./s1. The van der Waals surface area contributed by atoms with Gasteiger partial charge in [-0.1, -0.05) is 48.5 Å². The molecule has 3 aromatic carbocycles. The molecule has 0 aliphatic heterocycles. The number of hydrogen-bond acceptors (Lipinski definition) is 4. The van der Waals surface area contributed by atoms with Crippen LogP contribution < -0.4 is 15.2 Å². The normalized spacial score (nSPS) is 18.4. The van der Waals surface area contributed by atoms with Gasteiger partial charge in [0.15, 0.2) is 0 Å². The monoisotopic (exact) mass is 439 g/mol. The number of halogens is 1. The Hall–Kier alpha value is -2.53. The van der Waals surface area contributed by atoms with Gasteiger partial charge >= 0.3 is 0 Å². The van der Waals surface area contributed by atoms with Crippen molar-refractivity contribution in [2.75, 3.05) is 20.3 Å². The first-order valence-corrected chi connectivity index (χ1v) is 10.5. The Morgan fingerprint density at radius 3 is 2.35 bits per heavy atom. The molecule has 1 unspecified atom stereocenters. The summed E-state index contributed by atoms with van der Waals surface area (Å²) in [6, 6.07) is 25.5. The average Bonchev–Trinajstić information content (AvgIpc) is 2.82. The van der Waals surface area contributed by atoms with Gasteiger partial charge in [0.25, 0.3) is 0 Å². The summed E-state index contributed by atoms with van der Waals surface area (Å²) in [7, 11) is 1.72. The fraction of sp³-hybridized carbons (Fsp3) is 0.308. The van der Waals surface area contributed by atoms with E-state index in [1.165, 1.54) is 22.3 Å². The zero-order valence-electron chi connectivity index (χ0n) is 17.7. The number of benzene rings is 3. The number of rotatable bonds is 7. The van der Waals surface area contributed by atoms with Crippen molar-refractivity contribution < 1.29 is 14.6 Å². The molecule has 0 amide bonds. The Bertz CT molecular complexity index is 962. The van der Waals surface area contributed by atoms with Crippen LogP contribution in [0, 0.1) is 0 Å². The van der Waals surface area contributed by atoms with Crippen LogP contribution in [-0.4, -0.2) is 31.5 Å². The van der Waals surface area contributed by atoms with Crippen molar-refractivity contribution >= 4 is 12.4 Å². The zero-order chi connectivity index (χ0) is 20.9. The van der Waals surface area contributed by atoms with Crippen molar-refractivity contribution in [3.63, 3.8) is 0 Å². The Kier molecular flexibility index (Phi) is 7.97. The number of ether oxygens (including phenoxy) is 2. The maximum Gasteiger partial charge on any atom is 0.119 e. The van der Waals surface area contributed by atoms with Crippen molar-refractivity contribution in [3.05, 3.63) is 95.1 Å². The molecule has 5 heteroatoms. The van der Waals surface area contributed by atoms with E-state index in [4.69, 9.17) is 15.2 Å². The van der Waals surface area contributed by atoms with Gasteiger partial charge in [-0.2, -0.15) is 0 Å². The van der Waals surface area contributed by atoms with E-state index in [1.54, 1.807) is 7.11 Å². The molecule has 3 N–H and O–H groups in total. The van der Waals surface area contributed by atoms with Crippen LogP contribution >= 0.6 is 12.4 Å². The lowest BCUT2D eigenvalue weighted by molar-refractivity contribution is 0.114. The van der Waals surface area contributed by atoms with E-state index in [2.05, 4.69) is 60.7 Å². The fourth-order valence-electron chi connectivity index (χ4n) is 4.43. The summed E-state index contributed by atoms with van der Waals surface area (Å²) in [5.74, 6) is 2.34. The lowest BCUT2D eigenvalue weighted by Crippen LogP contribution is -2.26. The Morgan fingerprint density at radius 2 is 1.68 bits per heavy atom. The molecule has 4 nitrogen and oxygen atoms in total. The van der Waals surface area contributed by atoms with Crippen LogP contribution in [-0.2, 0) is 6.42 Å². The first-order valence-electron chi connectivity index (χ1n) is 10.5. The molecule has 0 spiro atoms. The smallest absolute Gasteiger partial charge is 0.119 e. The molecule has 1 aliphatic carbocycles. The van der Waals surface area contributed by atoms with E-state index in [1.807, 2.05) is 12.1 Å². The first-order chi connectivity index (χ1) is 14.7. The lowest BCUT2D eigenvalue weighted by atomic mass is 9.69.